The molecule has 0 saturated carbocycles. The van der Waals surface area contributed by atoms with Gasteiger partial charge in [-0.3, -0.25) is 4.79 Å². The van der Waals surface area contributed by atoms with Gasteiger partial charge in [-0.1, -0.05) is 13.8 Å². The van der Waals surface area contributed by atoms with E-state index in [2.05, 4.69) is 0 Å². The van der Waals surface area contributed by atoms with Crippen LogP contribution >= 0.6 is 0 Å². The minimum absolute atomic E-state index is 0.0208. The van der Waals surface area contributed by atoms with E-state index in [0.29, 0.717) is 0 Å². The summed E-state index contributed by atoms with van der Waals surface area (Å²) >= 11 is 0. The van der Waals surface area contributed by atoms with E-state index in [4.69, 9.17) is 20.7 Å². The number of carboxylic acids is 2. The summed E-state index contributed by atoms with van der Waals surface area (Å²) in [4.78, 5) is 18.9. The highest BCUT2D eigenvalue weighted by molar-refractivity contribution is 5.73. The first kappa shape index (κ1) is 16.1. The Bertz CT molecular complexity index is 227. The summed E-state index contributed by atoms with van der Waals surface area (Å²) in [5.41, 5.74) is 5.16. The van der Waals surface area contributed by atoms with Gasteiger partial charge in [0.25, 0.3) is 0 Å². The summed E-state index contributed by atoms with van der Waals surface area (Å²) in [6.45, 7) is 3.55. The van der Waals surface area contributed by atoms with Crippen molar-refractivity contribution < 1.29 is 33.0 Å². The minimum atomic E-state index is -5.08. The Hall–Kier alpha value is -1.31. The number of halogens is 3. The highest BCUT2D eigenvalue weighted by Crippen LogP contribution is 2.13. The fourth-order valence-electron chi connectivity index (χ4n) is 0.285. The fraction of sp³-hybridized carbons (Fsp3) is 0.714. The maximum absolute atomic E-state index is 10.6. The first-order chi connectivity index (χ1) is 6.50. The SMILES string of the molecule is CC(C)C(N)C(=O)O.O=C(O)C(F)(F)F. The molecule has 0 heterocycles. The molecule has 5 nitrogen and oxygen atoms in total. The lowest BCUT2D eigenvalue weighted by molar-refractivity contribution is -0.192. The summed E-state index contributed by atoms with van der Waals surface area (Å²) < 4.78 is 31.7. The van der Waals surface area contributed by atoms with Crippen LogP contribution < -0.4 is 5.73 Å². The maximum atomic E-state index is 10.6. The minimum Gasteiger partial charge on any atom is -0.480 e. The van der Waals surface area contributed by atoms with Gasteiger partial charge in [-0.25, -0.2) is 4.79 Å². The molecule has 1 atom stereocenters. The van der Waals surface area contributed by atoms with Crippen molar-refractivity contribution in [3.63, 3.8) is 0 Å². The lowest BCUT2D eigenvalue weighted by Gasteiger charge is -2.07. The van der Waals surface area contributed by atoms with Crippen LogP contribution in [0.2, 0.25) is 0 Å². The van der Waals surface area contributed by atoms with Gasteiger partial charge in [0.1, 0.15) is 6.04 Å². The molecule has 15 heavy (non-hydrogen) atoms. The molecule has 0 aliphatic carbocycles. The number of rotatable bonds is 2. The Morgan fingerprint density at radius 3 is 1.47 bits per heavy atom. The van der Waals surface area contributed by atoms with E-state index >= 15 is 0 Å². The van der Waals surface area contributed by atoms with Crippen molar-refractivity contribution in [2.75, 3.05) is 0 Å². The second-order valence-corrected chi connectivity index (χ2v) is 2.91. The largest absolute Gasteiger partial charge is 0.490 e. The number of alkyl halides is 3. The third-order valence-electron chi connectivity index (χ3n) is 1.25. The van der Waals surface area contributed by atoms with Crippen molar-refractivity contribution in [1.29, 1.82) is 0 Å². The molecule has 0 aromatic heterocycles. The van der Waals surface area contributed by atoms with Crippen LogP contribution in [0.1, 0.15) is 13.8 Å². The van der Waals surface area contributed by atoms with E-state index < -0.39 is 24.2 Å². The van der Waals surface area contributed by atoms with Crippen LogP contribution in [0, 0.1) is 5.92 Å². The van der Waals surface area contributed by atoms with Gasteiger partial charge < -0.3 is 15.9 Å². The van der Waals surface area contributed by atoms with Crippen LogP contribution in [0.15, 0.2) is 0 Å². The van der Waals surface area contributed by atoms with Crippen molar-refractivity contribution >= 4 is 11.9 Å². The average molecular weight is 231 g/mol. The topological polar surface area (TPSA) is 101 Å². The zero-order chi connectivity index (χ0) is 12.8. The summed E-state index contributed by atoms with van der Waals surface area (Å²) in [5.74, 6) is -3.67. The van der Waals surface area contributed by atoms with Gasteiger partial charge in [0.15, 0.2) is 0 Å². The summed E-state index contributed by atoms with van der Waals surface area (Å²) in [5, 5.41) is 15.4. The first-order valence-corrected chi connectivity index (χ1v) is 3.78. The molecule has 0 spiro atoms. The van der Waals surface area contributed by atoms with Crippen molar-refractivity contribution in [1.82, 2.24) is 0 Å². The molecule has 0 rings (SSSR count). The van der Waals surface area contributed by atoms with Gasteiger partial charge in [0, 0.05) is 0 Å². The molecule has 1 unspecified atom stereocenters. The molecule has 0 amide bonds. The second-order valence-electron chi connectivity index (χ2n) is 2.91. The predicted molar refractivity (Wildman–Crippen MR) is 44.1 cm³/mol. The molecule has 4 N–H and O–H groups in total. The van der Waals surface area contributed by atoms with E-state index in [0.717, 1.165) is 0 Å². The normalized spacial score (nSPS) is 12.7. The van der Waals surface area contributed by atoms with Crippen LogP contribution in [0.4, 0.5) is 13.2 Å². The highest BCUT2D eigenvalue weighted by Gasteiger charge is 2.38. The van der Waals surface area contributed by atoms with E-state index in [1.165, 1.54) is 0 Å². The fourth-order valence-corrected chi connectivity index (χ4v) is 0.285. The number of hydrogen-bond acceptors (Lipinski definition) is 3. The molecule has 0 bridgehead atoms. The smallest absolute Gasteiger partial charge is 0.480 e. The van der Waals surface area contributed by atoms with Crippen molar-refractivity contribution in [3.8, 4) is 0 Å². The van der Waals surface area contributed by atoms with E-state index in [9.17, 15) is 18.0 Å². The molecule has 0 aliphatic rings. The molecule has 0 saturated heterocycles. The van der Waals surface area contributed by atoms with Crippen LogP contribution in [-0.4, -0.2) is 34.4 Å². The van der Waals surface area contributed by atoms with Crippen LogP contribution in [-0.2, 0) is 9.59 Å². The van der Waals surface area contributed by atoms with E-state index in [1.54, 1.807) is 13.8 Å². The quantitative estimate of drug-likeness (QED) is 0.649. The standard InChI is InChI=1S/C5H11NO2.C2HF3O2/c1-3(2)4(6)5(7)8;3-2(4,5)1(6)7/h3-4H,6H2,1-2H3,(H,7,8);(H,6,7). The molecule has 90 valence electrons. The molecule has 8 heteroatoms. The molecule has 0 aromatic rings. The molecule has 0 fully saturated rings. The van der Waals surface area contributed by atoms with Gasteiger partial charge >= 0.3 is 18.1 Å². The van der Waals surface area contributed by atoms with Crippen LogP contribution in [0.5, 0.6) is 0 Å². The Labute approximate surface area is 83.7 Å². The summed E-state index contributed by atoms with van der Waals surface area (Å²) in [6.07, 6.45) is -5.08. The zero-order valence-electron chi connectivity index (χ0n) is 8.08. The number of nitrogens with two attached hydrogens (primary N) is 1. The molecule has 0 aliphatic heterocycles. The van der Waals surface area contributed by atoms with Crippen LogP contribution in [0.25, 0.3) is 0 Å². The lowest BCUT2D eigenvalue weighted by Crippen LogP contribution is -2.34. The Morgan fingerprint density at radius 1 is 1.20 bits per heavy atom. The van der Waals surface area contributed by atoms with E-state index in [1.807, 2.05) is 0 Å². The first-order valence-electron chi connectivity index (χ1n) is 3.78. The van der Waals surface area contributed by atoms with Crippen molar-refractivity contribution in [2.45, 2.75) is 26.1 Å². The van der Waals surface area contributed by atoms with Gasteiger partial charge in [-0.2, -0.15) is 13.2 Å². The van der Waals surface area contributed by atoms with Gasteiger partial charge in [-0.15, -0.1) is 0 Å². The number of carbonyl (C=O) groups is 2. The van der Waals surface area contributed by atoms with Gasteiger partial charge in [0.05, 0.1) is 0 Å². The highest BCUT2D eigenvalue weighted by atomic mass is 19.4. The predicted octanol–water partition coefficient (Wildman–Crippen LogP) is 0.688. The summed E-state index contributed by atoms with van der Waals surface area (Å²) in [7, 11) is 0. The monoisotopic (exact) mass is 231 g/mol. The lowest BCUT2D eigenvalue weighted by atomic mass is 10.1. The second kappa shape index (κ2) is 6.23. The molecule has 0 radical (unpaired) electrons. The zero-order valence-corrected chi connectivity index (χ0v) is 8.08. The maximum Gasteiger partial charge on any atom is 0.490 e. The third-order valence-corrected chi connectivity index (χ3v) is 1.25. The Kier molecular flexibility index (Phi) is 6.70. The van der Waals surface area contributed by atoms with Gasteiger partial charge in [0.2, 0.25) is 0 Å². The van der Waals surface area contributed by atoms with Crippen molar-refractivity contribution in [2.24, 2.45) is 11.7 Å². The van der Waals surface area contributed by atoms with Crippen LogP contribution in [0.3, 0.4) is 0 Å². The van der Waals surface area contributed by atoms with Crippen molar-refractivity contribution in [3.05, 3.63) is 0 Å². The van der Waals surface area contributed by atoms with Gasteiger partial charge in [-0.05, 0) is 5.92 Å². The third kappa shape index (κ3) is 9.01. The van der Waals surface area contributed by atoms with E-state index in [-0.39, 0.29) is 5.92 Å². The number of hydrogen-bond donors (Lipinski definition) is 3. The summed E-state index contributed by atoms with van der Waals surface area (Å²) in [6, 6.07) is -0.713. The Morgan fingerprint density at radius 2 is 1.47 bits per heavy atom. The Balaban J connectivity index is 0. The molecular weight excluding hydrogens is 219 g/mol. The molecular formula is C7H12F3NO4. The number of carboxylic acid groups (broad SMARTS) is 2. The number of aliphatic carboxylic acids is 2. The average Bonchev–Trinajstić information content (AvgIpc) is 2.01. The molecule has 0 aromatic carbocycles.